The van der Waals surface area contributed by atoms with Gasteiger partial charge in [-0.05, 0) is 126 Å². The van der Waals surface area contributed by atoms with Crippen LogP contribution < -0.4 is 9.80 Å². The molecule has 0 unspecified atom stereocenters. The maximum atomic E-state index is 6.84. The van der Waals surface area contributed by atoms with E-state index in [0.29, 0.717) is 0 Å². The van der Waals surface area contributed by atoms with E-state index in [9.17, 15) is 0 Å². The molecule has 2 heterocycles. The summed E-state index contributed by atoms with van der Waals surface area (Å²) in [6, 6.07) is 96.7. The number of para-hydroxylation sites is 6. The smallest absolute Gasteiger partial charge is 0.159 e. The highest BCUT2D eigenvalue weighted by molar-refractivity contribution is 6.21. The molecule has 15 aromatic rings. The number of nitrogens with zero attached hydrogens (tertiary/aromatic N) is 2. The zero-order valence-corrected chi connectivity index (χ0v) is 43.6. The average Bonchev–Trinajstić information content (AvgIpc) is 3.63. The molecular formula is C75H50N2O2. The lowest BCUT2D eigenvalue weighted by Crippen LogP contribution is -2.17. The molecule has 79 heavy (non-hydrogen) atoms. The van der Waals surface area contributed by atoms with Gasteiger partial charge in [0.05, 0.1) is 22.7 Å². The largest absolute Gasteiger partial charge is 0.454 e. The highest BCUT2D eigenvalue weighted by Crippen LogP contribution is 2.58. The van der Waals surface area contributed by atoms with Gasteiger partial charge >= 0.3 is 0 Å². The number of furan rings is 2. The van der Waals surface area contributed by atoms with Crippen LogP contribution in [0.3, 0.4) is 0 Å². The van der Waals surface area contributed by atoms with Crippen molar-refractivity contribution in [2.45, 2.75) is 19.3 Å². The first-order chi connectivity index (χ1) is 39.0. The van der Waals surface area contributed by atoms with Crippen molar-refractivity contribution in [1.29, 1.82) is 0 Å². The molecule has 2 aromatic heterocycles. The summed E-state index contributed by atoms with van der Waals surface area (Å²) in [5.74, 6) is 0. The topological polar surface area (TPSA) is 32.8 Å². The van der Waals surface area contributed by atoms with Crippen LogP contribution in [0.25, 0.3) is 110 Å². The van der Waals surface area contributed by atoms with Crippen LogP contribution in [0.2, 0.25) is 0 Å². The van der Waals surface area contributed by atoms with E-state index < -0.39 is 0 Å². The zero-order valence-electron chi connectivity index (χ0n) is 43.6. The third-order valence-corrected chi connectivity index (χ3v) is 16.8. The predicted octanol–water partition coefficient (Wildman–Crippen LogP) is 21.5. The molecule has 0 radical (unpaired) electrons. The van der Waals surface area contributed by atoms with Crippen molar-refractivity contribution < 1.29 is 8.83 Å². The molecule has 0 amide bonds. The second-order valence-electron chi connectivity index (χ2n) is 21.5. The first kappa shape index (κ1) is 45.1. The summed E-state index contributed by atoms with van der Waals surface area (Å²) >= 11 is 0. The molecule has 1 aliphatic carbocycles. The molecule has 372 valence electrons. The molecule has 1 aliphatic rings. The third-order valence-electron chi connectivity index (χ3n) is 16.8. The highest BCUT2D eigenvalue weighted by Gasteiger charge is 2.40. The SMILES string of the molecule is CC1(C)c2c(ccc3cc(N(c4ccccc4-c4ccccc4)c4cccc5c4oc4ccccc45)ccc23)-c2c1c1ccc(N(c3ccccc3-c3ccccc3)c3cccc4c3oc3ccccc34)cc1c1ccccc21. The first-order valence-corrected chi connectivity index (χ1v) is 27.2. The van der Waals surface area contributed by atoms with Gasteiger partial charge in [-0.15, -0.1) is 0 Å². The van der Waals surface area contributed by atoms with Crippen LogP contribution in [0.4, 0.5) is 34.1 Å². The van der Waals surface area contributed by atoms with Gasteiger partial charge in [0.25, 0.3) is 0 Å². The van der Waals surface area contributed by atoms with E-state index in [-0.39, 0.29) is 5.41 Å². The number of hydrogen-bond donors (Lipinski definition) is 0. The maximum Gasteiger partial charge on any atom is 0.159 e. The van der Waals surface area contributed by atoms with Gasteiger partial charge in [-0.3, -0.25) is 0 Å². The lowest BCUT2D eigenvalue weighted by atomic mass is 9.77. The van der Waals surface area contributed by atoms with Gasteiger partial charge in [-0.25, -0.2) is 0 Å². The molecule has 0 saturated carbocycles. The molecule has 13 aromatic carbocycles. The van der Waals surface area contributed by atoms with E-state index >= 15 is 0 Å². The van der Waals surface area contributed by atoms with Crippen molar-refractivity contribution in [3.8, 4) is 33.4 Å². The molecule has 0 spiro atoms. The van der Waals surface area contributed by atoms with E-state index in [0.717, 1.165) is 100 Å². The molecule has 4 nitrogen and oxygen atoms in total. The summed E-state index contributed by atoms with van der Waals surface area (Å²) in [7, 11) is 0. The van der Waals surface area contributed by atoms with Crippen molar-refractivity contribution in [2.24, 2.45) is 0 Å². The minimum atomic E-state index is -0.367. The fraction of sp³-hybridized carbons (Fsp3) is 0.0400. The van der Waals surface area contributed by atoms with Gasteiger partial charge in [0.2, 0.25) is 0 Å². The van der Waals surface area contributed by atoms with Gasteiger partial charge in [0.1, 0.15) is 11.2 Å². The van der Waals surface area contributed by atoms with Gasteiger partial charge < -0.3 is 18.6 Å². The maximum absolute atomic E-state index is 6.84. The molecule has 16 rings (SSSR count). The molecule has 0 bridgehead atoms. The standard InChI is InChI=1S/C75H50N2O2/c1-75(2)71-54-43-40-50(76(64-33-15-11-25-52(64)47-21-5-3-6-22-47)66-35-19-31-60-56-28-13-17-37-68(56)78-73(60)66)45-49(54)39-42-62(71)70-58-30-10-9-27-55(58)63-46-51(41-44-59(63)72(70)75)77(65-34-16-12-26-53(65)48-23-7-4-8-24-48)67-36-20-32-61-57-29-14-18-38-69(57)79-74(61)67/h3-46H,1-2H3. The van der Waals surface area contributed by atoms with Crippen LogP contribution >= 0.6 is 0 Å². The number of anilines is 6. The Hall–Kier alpha value is -10.2. The lowest BCUT2D eigenvalue weighted by molar-refractivity contribution is 0.668. The molecule has 0 fully saturated rings. The van der Waals surface area contributed by atoms with E-state index in [4.69, 9.17) is 8.83 Å². The molecule has 0 atom stereocenters. The van der Waals surface area contributed by atoms with Gasteiger partial charge in [0, 0.05) is 49.5 Å². The van der Waals surface area contributed by atoms with E-state index in [1.165, 1.54) is 54.6 Å². The number of rotatable bonds is 8. The Morgan fingerprint density at radius 1 is 0.291 bits per heavy atom. The predicted molar refractivity (Wildman–Crippen MR) is 331 cm³/mol. The van der Waals surface area contributed by atoms with Crippen molar-refractivity contribution in [1.82, 2.24) is 0 Å². The van der Waals surface area contributed by atoms with Crippen LogP contribution in [-0.2, 0) is 5.41 Å². The highest BCUT2D eigenvalue weighted by atomic mass is 16.3. The van der Waals surface area contributed by atoms with E-state index in [1.54, 1.807) is 0 Å². The van der Waals surface area contributed by atoms with Crippen molar-refractivity contribution in [2.75, 3.05) is 9.80 Å². The van der Waals surface area contributed by atoms with Crippen LogP contribution in [0.15, 0.2) is 276 Å². The fourth-order valence-electron chi connectivity index (χ4n) is 13.4. The van der Waals surface area contributed by atoms with Crippen LogP contribution in [0, 0.1) is 0 Å². The molecule has 0 aliphatic heterocycles. The Labute approximate surface area is 457 Å². The number of fused-ring (bicyclic) bond motifs is 16. The summed E-state index contributed by atoms with van der Waals surface area (Å²) in [5, 5.41) is 11.8. The summed E-state index contributed by atoms with van der Waals surface area (Å²) in [5.41, 5.74) is 19.2. The monoisotopic (exact) mass is 1010 g/mol. The van der Waals surface area contributed by atoms with Crippen molar-refractivity contribution >= 4 is 110 Å². The van der Waals surface area contributed by atoms with Crippen LogP contribution in [0.5, 0.6) is 0 Å². The normalized spacial score (nSPS) is 12.8. The number of benzene rings is 13. The van der Waals surface area contributed by atoms with Crippen LogP contribution in [-0.4, -0.2) is 0 Å². The lowest BCUT2D eigenvalue weighted by Gasteiger charge is -2.30. The van der Waals surface area contributed by atoms with Gasteiger partial charge in [-0.2, -0.15) is 0 Å². The minimum absolute atomic E-state index is 0.367. The zero-order chi connectivity index (χ0) is 52.3. The summed E-state index contributed by atoms with van der Waals surface area (Å²) in [6.45, 7) is 4.87. The Balaban J connectivity index is 0.892. The molecular weight excluding hydrogens is 961 g/mol. The van der Waals surface area contributed by atoms with Crippen molar-refractivity contribution in [3.63, 3.8) is 0 Å². The average molecular weight is 1010 g/mol. The fourth-order valence-corrected chi connectivity index (χ4v) is 13.4. The third kappa shape index (κ3) is 6.81. The molecule has 4 heteroatoms. The summed E-state index contributed by atoms with van der Waals surface area (Å²) < 4.78 is 13.6. The first-order valence-electron chi connectivity index (χ1n) is 27.2. The summed E-state index contributed by atoms with van der Waals surface area (Å²) in [4.78, 5) is 4.81. The second-order valence-corrected chi connectivity index (χ2v) is 21.5. The van der Waals surface area contributed by atoms with E-state index in [2.05, 4.69) is 278 Å². The second kappa shape index (κ2) is 17.4. The molecule has 0 saturated heterocycles. The minimum Gasteiger partial charge on any atom is -0.454 e. The number of hydrogen-bond acceptors (Lipinski definition) is 4. The van der Waals surface area contributed by atoms with Crippen molar-refractivity contribution in [3.05, 3.63) is 278 Å². The van der Waals surface area contributed by atoms with E-state index in [1.807, 2.05) is 12.1 Å². The quantitative estimate of drug-likeness (QED) is 0.142. The Morgan fingerprint density at radius 3 is 1.33 bits per heavy atom. The Morgan fingerprint density at radius 2 is 0.747 bits per heavy atom. The Bertz CT molecular complexity index is 4950. The summed E-state index contributed by atoms with van der Waals surface area (Å²) in [6.07, 6.45) is 0. The van der Waals surface area contributed by atoms with Gasteiger partial charge in [0.15, 0.2) is 11.2 Å². The Kier molecular flexibility index (Phi) is 9.95. The van der Waals surface area contributed by atoms with Crippen LogP contribution in [0.1, 0.15) is 25.0 Å². The van der Waals surface area contributed by atoms with Gasteiger partial charge in [-0.1, -0.05) is 220 Å². The molecule has 0 N–H and O–H groups in total.